The topological polar surface area (TPSA) is 354 Å². The van der Waals surface area contributed by atoms with Crippen molar-refractivity contribution in [1.29, 1.82) is 0 Å². The SMILES string of the molecule is C=C1C(=O)N[C@H](C)C(=O)N[C@@H](CC(C)C)C(=O)N[C@@H](C(=O)O)[C@H](C)C(=O)N[C@@H](CCCCN=C(N)N)C(=O)N[C@@H](/C=C/C(C)=C/[C@H](C)[C@@H](O)Cc2ccccc2)[C@H](C)C(=O)N[C@@H](C(=O)O)CCC(=O)N1C. The number of unbranched alkanes of at least 4 members (excludes halogenated alkanes) is 1. The van der Waals surface area contributed by atoms with Gasteiger partial charge in [-0.05, 0) is 63.9 Å². The molecular formula is C49H74N10O12. The predicted octanol–water partition coefficient (Wildman–Crippen LogP) is 0.354. The van der Waals surface area contributed by atoms with Crippen LogP contribution in [0.25, 0.3) is 0 Å². The number of guanidine groups is 1. The number of nitrogens with one attached hydrogen (secondary N) is 6. The van der Waals surface area contributed by atoms with Crippen LogP contribution in [0.5, 0.6) is 0 Å². The smallest absolute Gasteiger partial charge is 0.327 e. The Morgan fingerprint density at radius 2 is 1.42 bits per heavy atom. The Bertz CT molecular complexity index is 2160. The average molecular weight is 995 g/mol. The summed E-state index contributed by atoms with van der Waals surface area (Å²) < 4.78 is 0. The molecule has 22 heteroatoms. The second kappa shape index (κ2) is 29.2. The number of aliphatic carboxylic acids is 2. The van der Waals surface area contributed by atoms with Gasteiger partial charge < -0.3 is 63.6 Å². The van der Waals surface area contributed by atoms with Crippen molar-refractivity contribution < 1.29 is 58.5 Å². The molecule has 7 amide bonds. The van der Waals surface area contributed by atoms with Crippen molar-refractivity contribution >= 4 is 59.2 Å². The van der Waals surface area contributed by atoms with Gasteiger partial charge in [0.25, 0.3) is 5.91 Å². The summed E-state index contributed by atoms with van der Waals surface area (Å²) in [5, 5.41) is 46.5. The summed E-state index contributed by atoms with van der Waals surface area (Å²) in [6, 6.07) is 0.617. The van der Waals surface area contributed by atoms with Crippen LogP contribution in [-0.4, -0.2) is 135 Å². The van der Waals surface area contributed by atoms with Gasteiger partial charge in [0.05, 0.1) is 24.0 Å². The van der Waals surface area contributed by atoms with Crippen molar-refractivity contribution in [2.45, 2.75) is 136 Å². The van der Waals surface area contributed by atoms with Gasteiger partial charge in [-0.1, -0.05) is 95.3 Å². The molecule has 1 aromatic rings. The van der Waals surface area contributed by atoms with Crippen LogP contribution in [0.3, 0.4) is 0 Å². The fourth-order valence-corrected chi connectivity index (χ4v) is 7.34. The monoisotopic (exact) mass is 995 g/mol. The zero-order chi connectivity index (χ0) is 53.7. The molecule has 1 aliphatic rings. The summed E-state index contributed by atoms with van der Waals surface area (Å²) in [6.07, 6.45) is 4.11. The molecule has 1 saturated heterocycles. The second-order valence-electron chi connectivity index (χ2n) is 18.4. The number of benzene rings is 1. The Morgan fingerprint density at radius 3 is 2.01 bits per heavy atom. The Morgan fingerprint density at radius 1 is 0.817 bits per heavy atom. The molecule has 10 atom stereocenters. The molecular weight excluding hydrogens is 921 g/mol. The highest BCUT2D eigenvalue weighted by atomic mass is 16.4. The van der Waals surface area contributed by atoms with E-state index in [1.54, 1.807) is 32.9 Å². The van der Waals surface area contributed by atoms with Crippen molar-refractivity contribution in [2.75, 3.05) is 13.6 Å². The van der Waals surface area contributed by atoms with Crippen LogP contribution in [0.4, 0.5) is 0 Å². The van der Waals surface area contributed by atoms with Gasteiger partial charge in [-0.2, -0.15) is 0 Å². The number of amides is 7. The average Bonchev–Trinajstić information content (AvgIpc) is 3.30. The number of aliphatic hydroxyl groups excluding tert-OH is 1. The molecule has 0 radical (unpaired) electrons. The Hall–Kier alpha value is -7.10. The second-order valence-corrected chi connectivity index (χ2v) is 18.4. The number of carboxylic acid groups (broad SMARTS) is 2. The molecule has 0 spiro atoms. The molecule has 1 fully saturated rings. The number of nitrogens with zero attached hydrogens (tertiary/aromatic N) is 2. The number of rotatable bonds is 15. The molecule has 0 bridgehead atoms. The van der Waals surface area contributed by atoms with E-state index >= 15 is 0 Å². The number of aliphatic imine (C=N–C) groups is 1. The number of likely N-dealkylation sites (N-methyl/N-ethyl adjacent to an activating group) is 1. The molecule has 392 valence electrons. The fourth-order valence-electron chi connectivity index (χ4n) is 7.34. The van der Waals surface area contributed by atoms with E-state index in [1.165, 1.54) is 33.9 Å². The van der Waals surface area contributed by atoms with Gasteiger partial charge in [0, 0.05) is 25.9 Å². The lowest BCUT2D eigenvalue weighted by Gasteiger charge is -2.28. The van der Waals surface area contributed by atoms with E-state index in [9.17, 15) is 58.5 Å². The molecule has 1 heterocycles. The van der Waals surface area contributed by atoms with Gasteiger partial charge in [-0.25, -0.2) is 9.59 Å². The fraction of sp³-hybridized carbons (Fsp3) is 0.551. The molecule has 0 unspecified atom stereocenters. The molecule has 0 aliphatic carbocycles. The highest BCUT2D eigenvalue weighted by Crippen LogP contribution is 2.18. The first-order valence-electron chi connectivity index (χ1n) is 23.6. The number of hydrogen-bond acceptors (Lipinski definition) is 11. The van der Waals surface area contributed by atoms with E-state index in [2.05, 4.69) is 43.5 Å². The lowest BCUT2D eigenvalue weighted by atomic mass is 9.94. The van der Waals surface area contributed by atoms with E-state index in [4.69, 9.17) is 11.5 Å². The van der Waals surface area contributed by atoms with Crippen molar-refractivity contribution in [2.24, 2.45) is 40.1 Å². The molecule has 22 nitrogen and oxygen atoms in total. The van der Waals surface area contributed by atoms with Gasteiger partial charge in [0.15, 0.2) is 5.96 Å². The highest BCUT2D eigenvalue weighted by molar-refractivity contribution is 6.00. The standard InChI is InChI=1S/C49H74N10O12/c1-26(2)23-37-46(67)58-40(48(70)71)30(6)42(63)55-35(17-13-14-22-52-49(50)51)45(66)54-34(19-18-27(3)24-28(4)38(60)25-33-15-11-10-12-16-33)29(5)41(62)56-36(47(68)69)20-21-39(61)59(9)32(8)44(65)53-31(7)43(64)57-37/h10-12,15-16,18-19,24,26,28-31,34-38,40,60H,8,13-14,17,20-23,25H2,1-7,9H3,(H,53,65)(H,54,66)(H,55,63)(H,56,62)(H,57,64)(H,58,67)(H,68,69)(H,70,71)(H4,50,51,52)/b19-18+,27-24+/t28-,29-,30-,31+,34-,35-,36+,37-,38-,40+/m0/s1. The van der Waals surface area contributed by atoms with Gasteiger partial charge in [-0.15, -0.1) is 0 Å². The lowest BCUT2D eigenvalue weighted by Crippen LogP contribution is -2.59. The third kappa shape index (κ3) is 20.4. The largest absolute Gasteiger partial charge is 0.480 e. The quantitative estimate of drug-likeness (QED) is 0.0372. The highest BCUT2D eigenvalue weighted by Gasteiger charge is 2.37. The Labute approximate surface area is 415 Å². The van der Waals surface area contributed by atoms with E-state index in [0.29, 0.717) is 18.4 Å². The van der Waals surface area contributed by atoms with Gasteiger partial charge >= 0.3 is 11.9 Å². The Balaban J connectivity index is 2.71. The maximum Gasteiger partial charge on any atom is 0.327 e. The lowest BCUT2D eigenvalue weighted by molar-refractivity contribution is -0.146. The maximum absolute atomic E-state index is 14.4. The Kier molecular flexibility index (Phi) is 24.7. The van der Waals surface area contributed by atoms with Crippen molar-refractivity contribution in [3.8, 4) is 0 Å². The van der Waals surface area contributed by atoms with Gasteiger partial charge in [-0.3, -0.25) is 38.6 Å². The summed E-state index contributed by atoms with van der Waals surface area (Å²) in [6.45, 7) is 14.8. The normalized spacial score (nSPS) is 25.3. The van der Waals surface area contributed by atoms with Crippen LogP contribution >= 0.6 is 0 Å². The molecule has 71 heavy (non-hydrogen) atoms. The van der Waals surface area contributed by atoms with Crippen LogP contribution < -0.4 is 43.4 Å². The van der Waals surface area contributed by atoms with Crippen LogP contribution in [0.15, 0.2) is 71.4 Å². The molecule has 13 N–H and O–H groups in total. The van der Waals surface area contributed by atoms with Crippen LogP contribution in [-0.2, 0) is 49.6 Å². The zero-order valence-corrected chi connectivity index (χ0v) is 41.9. The minimum atomic E-state index is -1.88. The van der Waals surface area contributed by atoms with E-state index in [0.717, 1.165) is 10.5 Å². The van der Waals surface area contributed by atoms with Gasteiger partial charge in [0.2, 0.25) is 35.4 Å². The number of carbonyl (C=O) groups is 9. The third-order valence-electron chi connectivity index (χ3n) is 11.9. The van der Waals surface area contributed by atoms with Gasteiger partial charge in [0.1, 0.15) is 35.9 Å². The first kappa shape index (κ1) is 60.0. The van der Waals surface area contributed by atoms with Crippen molar-refractivity contribution in [3.05, 3.63) is 72.0 Å². The number of nitrogens with two attached hydrogens (primary N) is 2. The summed E-state index contributed by atoms with van der Waals surface area (Å²) >= 11 is 0. The summed E-state index contributed by atoms with van der Waals surface area (Å²) in [7, 11) is 1.21. The van der Waals surface area contributed by atoms with E-state index < -0.39 is 126 Å². The number of aliphatic hydroxyl groups is 1. The molecule has 0 saturated carbocycles. The number of hydrogen-bond donors (Lipinski definition) is 11. The maximum atomic E-state index is 14.4. The number of allylic oxidation sites excluding steroid dienone is 2. The summed E-state index contributed by atoms with van der Waals surface area (Å²) in [4.78, 5) is 126. The zero-order valence-electron chi connectivity index (χ0n) is 41.9. The van der Waals surface area contributed by atoms with E-state index in [1.807, 2.05) is 37.3 Å². The molecule has 1 aromatic carbocycles. The number of carbonyl (C=O) groups excluding carboxylic acids is 7. The summed E-state index contributed by atoms with van der Waals surface area (Å²) in [5.41, 5.74) is 12.1. The van der Waals surface area contributed by atoms with E-state index in [-0.39, 0.29) is 43.6 Å². The number of carboxylic acids is 2. The third-order valence-corrected chi connectivity index (χ3v) is 11.9. The minimum absolute atomic E-state index is 0.00445. The molecule has 2 rings (SSSR count). The van der Waals surface area contributed by atoms with Crippen molar-refractivity contribution in [3.63, 3.8) is 0 Å². The molecule has 0 aromatic heterocycles. The predicted molar refractivity (Wildman–Crippen MR) is 264 cm³/mol. The van der Waals surface area contributed by atoms with Crippen LogP contribution in [0, 0.1) is 23.7 Å². The first-order chi connectivity index (χ1) is 33.2. The summed E-state index contributed by atoms with van der Waals surface area (Å²) in [5.74, 6) is -12.8. The van der Waals surface area contributed by atoms with Crippen molar-refractivity contribution in [1.82, 2.24) is 36.8 Å². The van der Waals surface area contributed by atoms with Crippen LogP contribution in [0.2, 0.25) is 0 Å². The first-order valence-corrected chi connectivity index (χ1v) is 23.6. The van der Waals surface area contributed by atoms with Crippen LogP contribution in [0.1, 0.15) is 92.6 Å². The molecule has 1 aliphatic heterocycles. The minimum Gasteiger partial charge on any atom is -0.480 e.